The first kappa shape index (κ1) is 12.9. The van der Waals surface area contributed by atoms with Crippen LogP contribution in [0.15, 0.2) is 0 Å². The topological polar surface area (TPSA) is 39.1 Å². The van der Waals surface area contributed by atoms with Crippen LogP contribution < -0.4 is 5.32 Å². The lowest BCUT2D eigenvalue weighted by molar-refractivity contribution is 0.131. The second-order valence-electron chi connectivity index (χ2n) is 5.78. The predicted octanol–water partition coefficient (Wildman–Crippen LogP) is 2.28. The molecule has 2 aliphatic rings. The molecule has 2 fully saturated rings. The molecular weight excluding hydrogens is 210 g/mol. The van der Waals surface area contributed by atoms with E-state index in [2.05, 4.69) is 30.1 Å². The Morgan fingerprint density at radius 2 is 2.18 bits per heavy atom. The molecule has 4 unspecified atom stereocenters. The molecule has 1 N–H and O–H groups in total. The standard InChI is InChI=1S/C14H25N3/c1-4-12-6-5-11(2)17(12)13-7-8-14(9-13,10-15)16-3/h11-13,16H,4-9H2,1-3H3. The van der Waals surface area contributed by atoms with Crippen molar-refractivity contribution >= 4 is 0 Å². The summed E-state index contributed by atoms with van der Waals surface area (Å²) in [4.78, 5) is 2.70. The van der Waals surface area contributed by atoms with Crippen molar-refractivity contribution in [3.05, 3.63) is 0 Å². The van der Waals surface area contributed by atoms with Gasteiger partial charge in [0, 0.05) is 18.1 Å². The van der Waals surface area contributed by atoms with E-state index in [1.807, 2.05) is 7.05 Å². The van der Waals surface area contributed by atoms with E-state index < -0.39 is 0 Å². The van der Waals surface area contributed by atoms with Gasteiger partial charge >= 0.3 is 0 Å². The molecule has 96 valence electrons. The molecule has 1 saturated heterocycles. The highest BCUT2D eigenvalue weighted by Crippen LogP contribution is 2.38. The lowest BCUT2D eigenvalue weighted by atomic mass is 9.99. The van der Waals surface area contributed by atoms with Gasteiger partial charge < -0.3 is 5.32 Å². The highest BCUT2D eigenvalue weighted by atomic mass is 15.2. The third kappa shape index (κ3) is 2.21. The summed E-state index contributed by atoms with van der Waals surface area (Å²) < 4.78 is 0. The van der Waals surface area contributed by atoms with Gasteiger partial charge in [-0.05, 0) is 52.5 Å². The zero-order valence-electron chi connectivity index (χ0n) is 11.4. The second-order valence-corrected chi connectivity index (χ2v) is 5.78. The first-order chi connectivity index (χ1) is 8.15. The molecule has 0 aromatic carbocycles. The molecule has 1 aliphatic carbocycles. The van der Waals surface area contributed by atoms with Crippen LogP contribution in [0.25, 0.3) is 0 Å². The molecule has 0 spiro atoms. The van der Waals surface area contributed by atoms with E-state index in [9.17, 15) is 5.26 Å². The summed E-state index contributed by atoms with van der Waals surface area (Å²) >= 11 is 0. The third-order valence-electron chi connectivity index (χ3n) is 4.92. The Labute approximate surface area is 105 Å². The van der Waals surface area contributed by atoms with Gasteiger partial charge in [-0.1, -0.05) is 6.92 Å². The van der Waals surface area contributed by atoms with Gasteiger partial charge in [-0.3, -0.25) is 4.90 Å². The van der Waals surface area contributed by atoms with E-state index in [1.54, 1.807) is 0 Å². The van der Waals surface area contributed by atoms with Crippen LogP contribution in [-0.2, 0) is 0 Å². The number of likely N-dealkylation sites (tertiary alicyclic amines) is 1. The Bertz CT molecular complexity index is 309. The fourth-order valence-electron chi connectivity index (χ4n) is 3.82. The summed E-state index contributed by atoms with van der Waals surface area (Å²) in [5.74, 6) is 0. The van der Waals surface area contributed by atoms with Crippen molar-refractivity contribution < 1.29 is 0 Å². The molecule has 17 heavy (non-hydrogen) atoms. The maximum atomic E-state index is 9.34. The van der Waals surface area contributed by atoms with Crippen molar-refractivity contribution in [3.8, 4) is 6.07 Å². The van der Waals surface area contributed by atoms with E-state index in [0.717, 1.165) is 18.9 Å². The Hall–Kier alpha value is -0.590. The summed E-state index contributed by atoms with van der Waals surface area (Å²) in [6, 6.07) is 4.56. The lowest BCUT2D eigenvalue weighted by Gasteiger charge is -2.34. The van der Waals surface area contributed by atoms with Crippen LogP contribution in [-0.4, -0.2) is 35.6 Å². The van der Waals surface area contributed by atoms with Gasteiger partial charge in [-0.25, -0.2) is 0 Å². The Morgan fingerprint density at radius 1 is 1.41 bits per heavy atom. The van der Waals surface area contributed by atoms with Gasteiger partial charge in [0.05, 0.1) is 6.07 Å². The van der Waals surface area contributed by atoms with Crippen LogP contribution in [0.5, 0.6) is 0 Å². The minimum absolute atomic E-state index is 0.259. The Balaban J connectivity index is 2.07. The molecule has 0 amide bonds. The monoisotopic (exact) mass is 235 g/mol. The molecule has 1 aliphatic heterocycles. The molecule has 3 heteroatoms. The highest BCUT2D eigenvalue weighted by Gasteiger charge is 2.44. The first-order valence-corrected chi connectivity index (χ1v) is 7.03. The summed E-state index contributed by atoms with van der Waals surface area (Å²) in [5.41, 5.74) is -0.259. The molecule has 4 atom stereocenters. The highest BCUT2D eigenvalue weighted by molar-refractivity contribution is 5.13. The van der Waals surface area contributed by atoms with Crippen molar-refractivity contribution in [2.24, 2.45) is 0 Å². The zero-order valence-corrected chi connectivity index (χ0v) is 11.4. The van der Waals surface area contributed by atoms with Crippen LogP contribution in [0.3, 0.4) is 0 Å². The van der Waals surface area contributed by atoms with Crippen LogP contribution in [0.2, 0.25) is 0 Å². The van der Waals surface area contributed by atoms with Crippen molar-refractivity contribution in [1.82, 2.24) is 10.2 Å². The number of nitriles is 1. The number of rotatable bonds is 3. The van der Waals surface area contributed by atoms with Crippen LogP contribution in [0.1, 0.15) is 52.4 Å². The number of nitrogens with zero attached hydrogens (tertiary/aromatic N) is 2. The number of nitrogens with one attached hydrogen (secondary N) is 1. The Morgan fingerprint density at radius 3 is 2.71 bits per heavy atom. The predicted molar refractivity (Wildman–Crippen MR) is 69.7 cm³/mol. The molecule has 0 bridgehead atoms. The first-order valence-electron chi connectivity index (χ1n) is 7.03. The normalized spacial score (nSPS) is 42.8. The minimum atomic E-state index is -0.259. The summed E-state index contributed by atoms with van der Waals surface area (Å²) in [6.07, 6.45) is 7.10. The molecule has 0 radical (unpaired) electrons. The van der Waals surface area contributed by atoms with E-state index in [-0.39, 0.29) is 5.54 Å². The fourth-order valence-corrected chi connectivity index (χ4v) is 3.82. The lowest BCUT2D eigenvalue weighted by Crippen LogP contribution is -2.45. The quantitative estimate of drug-likeness (QED) is 0.815. The third-order valence-corrected chi connectivity index (χ3v) is 4.92. The molecule has 2 rings (SSSR count). The summed E-state index contributed by atoms with van der Waals surface area (Å²) in [5, 5.41) is 12.6. The molecule has 0 aromatic rings. The summed E-state index contributed by atoms with van der Waals surface area (Å²) in [7, 11) is 1.93. The SMILES string of the molecule is CCC1CCC(C)N1C1CCC(C#N)(NC)C1. The maximum absolute atomic E-state index is 9.34. The molecule has 1 saturated carbocycles. The molecule has 1 heterocycles. The molecule has 0 aromatic heterocycles. The molecular formula is C14H25N3. The van der Waals surface area contributed by atoms with Crippen LogP contribution >= 0.6 is 0 Å². The average Bonchev–Trinajstić information content (AvgIpc) is 2.93. The van der Waals surface area contributed by atoms with Crippen molar-refractivity contribution in [2.75, 3.05) is 7.05 Å². The Kier molecular flexibility index (Phi) is 3.75. The van der Waals surface area contributed by atoms with Crippen molar-refractivity contribution in [3.63, 3.8) is 0 Å². The van der Waals surface area contributed by atoms with E-state index >= 15 is 0 Å². The average molecular weight is 235 g/mol. The largest absolute Gasteiger partial charge is 0.302 e. The van der Waals surface area contributed by atoms with Gasteiger partial charge in [0.1, 0.15) is 5.54 Å². The van der Waals surface area contributed by atoms with Crippen molar-refractivity contribution in [1.29, 1.82) is 5.26 Å². The number of hydrogen-bond acceptors (Lipinski definition) is 3. The maximum Gasteiger partial charge on any atom is 0.108 e. The second kappa shape index (κ2) is 4.96. The van der Waals surface area contributed by atoms with E-state index in [4.69, 9.17) is 0 Å². The fraction of sp³-hybridized carbons (Fsp3) is 0.929. The van der Waals surface area contributed by atoms with Gasteiger partial charge in [-0.2, -0.15) is 5.26 Å². The summed E-state index contributed by atoms with van der Waals surface area (Å²) in [6.45, 7) is 4.64. The zero-order chi connectivity index (χ0) is 12.5. The minimum Gasteiger partial charge on any atom is -0.302 e. The molecule has 3 nitrogen and oxygen atoms in total. The van der Waals surface area contributed by atoms with Gasteiger partial charge in [0.2, 0.25) is 0 Å². The van der Waals surface area contributed by atoms with Gasteiger partial charge in [0.15, 0.2) is 0 Å². The van der Waals surface area contributed by atoms with Crippen molar-refractivity contribution in [2.45, 2.75) is 76.0 Å². The van der Waals surface area contributed by atoms with E-state index in [1.165, 1.54) is 25.7 Å². The van der Waals surface area contributed by atoms with Gasteiger partial charge in [-0.15, -0.1) is 0 Å². The number of hydrogen-bond donors (Lipinski definition) is 1. The van der Waals surface area contributed by atoms with Crippen LogP contribution in [0.4, 0.5) is 0 Å². The van der Waals surface area contributed by atoms with Crippen LogP contribution in [0, 0.1) is 11.3 Å². The van der Waals surface area contributed by atoms with Gasteiger partial charge in [0.25, 0.3) is 0 Å². The smallest absolute Gasteiger partial charge is 0.108 e. The van der Waals surface area contributed by atoms with E-state index in [0.29, 0.717) is 12.1 Å².